The molecule has 2 aromatic heterocycles. The molecule has 6 nitrogen and oxygen atoms in total. The first-order valence-electron chi connectivity index (χ1n) is 14.1. The van der Waals surface area contributed by atoms with E-state index in [1.165, 1.54) is 44.6 Å². The van der Waals surface area contributed by atoms with E-state index in [-0.39, 0.29) is 23.0 Å². The highest BCUT2D eigenvalue weighted by molar-refractivity contribution is 7.10. The molecule has 198 valence electrons. The quantitative estimate of drug-likeness (QED) is 0.417. The molecular weight excluding hydrogens is 473 g/mol. The van der Waals surface area contributed by atoms with Crippen molar-refractivity contribution < 1.29 is 9.18 Å². The minimum Gasteiger partial charge on any atom is -0.348 e. The van der Waals surface area contributed by atoms with Crippen LogP contribution in [0.15, 0.2) is 12.1 Å². The Morgan fingerprint density at radius 3 is 2.61 bits per heavy atom. The number of nitrogens with zero attached hydrogens (tertiary/aromatic N) is 3. The Kier molecular flexibility index (Phi) is 7.82. The predicted molar refractivity (Wildman–Crippen MR) is 142 cm³/mol. The van der Waals surface area contributed by atoms with Gasteiger partial charge in [0, 0.05) is 28.8 Å². The van der Waals surface area contributed by atoms with Crippen molar-refractivity contribution in [3.05, 3.63) is 33.8 Å². The number of hydrogen-bond donors (Lipinski definition) is 2. The highest BCUT2D eigenvalue weighted by atomic mass is 32.1. The topological polar surface area (TPSA) is 71.8 Å². The molecule has 36 heavy (non-hydrogen) atoms. The predicted octanol–water partition coefficient (Wildman–Crippen LogP) is 6.20. The number of thiophene rings is 1. The number of rotatable bonds is 9. The lowest BCUT2D eigenvalue weighted by Crippen LogP contribution is -2.52. The van der Waals surface area contributed by atoms with Gasteiger partial charge in [0.2, 0.25) is 5.91 Å². The van der Waals surface area contributed by atoms with Crippen molar-refractivity contribution in [3.63, 3.8) is 0 Å². The van der Waals surface area contributed by atoms with Gasteiger partial charge in [0.25, 0.3) is 0 Å². The SMILES string of the molecule is Cc1nnc(C(C)C)n1C1CCC2(CCC2NCC[C@H](NC(=O)C2CCCCC2)c2ccc(F)s2)C1. The number of aromatic nitrogens is 3. The van der Waals surface area contributed by atoms with Gasteiger partial charge in [0.15, 0.2) is 5.13 Å². The fraction of sp³-hybridized carbons (Fsp3) is 0.750. The van der Waals surface area contributed by atoms with Crippen molar-refractivity contribution in [3.8, 4) is 0 Å². The third-order valence-electron chi connectivity index (χ3n) is 9.12. The molecular formula is C28H42FN5OS. The van der Waals surface area contributed by atoms with Gasteiger partial charge in [-0.1, -0.05) is 33.1 Å². The molecule has 4 atom stereocenters. The Hall–Kier alpha value is -1.80. The van der Waals surface area contributed by atoms with E-state index in [0.29, 0.717) is 23.4 Å². The standard InChI is InChI=1S/C28H42FN5OS/c1-18(2)26-33-32-19(3)34(26)21-11-14-28(17-21)15-12-24(28)30-16-13-22(23-9-10-25(29)36-23)31-27(35)20-7-5-4-6-8-20/h9-10,18,20-22,24,30H,4-8,11-17H2,1-3H3,(H,31,35)/t21?,22-,24?,28?/m0/s1. The van der Waals surface area contributed by atoms with E-state index in [1.807, 2.05) is 6.07 Å². The maximum Gasteiger partial charge on any atom is 0.223 e. The molecule has 1 amide bonds. The van der Waals surface area contributed by atoms with Crippen LogP contribution in [0.4, 0.5) is 4.39 Å². The number of amides is 1. The smallest absolute Gasteiger partial charge is 0.223 e. The van der Waals surface area contributed by atoms with E-state index in [9.17, 15) is 9.18 Å². The summed E-state index contributed by atoms with van der Waals surface area (Å²) in [5.74, 6) is 2.78. The zero-order valence-electron chi connectivity index (χ0n) is 22.1. The second kappa shape index (κ2) is 10.9. The fourth-order valence-corrected chi connectivity index (χ4v) is 7.81. The maximum absolute atomic E-state index is 13.8. The summed E-state index contributed by atoms with van der Waals surface area (Å²) < 4.78 is 16.2. The van der Waals surface area contributed by atoms with E-state index in [2.05, 4.69) is 46.2 Å². The molecule has 0 aromatic carbocycles. The highest BCUT2D eigenvalue weighted by Gasteiger charge is 2.51. The van der Waals surface area contributed by atoms with Gasteiger partial charge < -0.3 is 15.2 Å². The number of carbonyl (C=O) groups excluding carboxylic acids is 1. The van der Waals surface area contributed by atoms with Crippen LogP contribution < -0.4 is 10.6 Å². The van der Waals surface area contributed by atoms with Gasteiger partial charge in [-0.3, -0.25) is 4.79 Å². The molecule has 0 bridgehead atoms. The summed E-state index contributed by atoms with van der Waals surface area (Å²) in [6.45, 7) is 7.30. The van der Waals surface area contributed by atoms with Crippen LogP contribution in [0.25, 0.3) is 0 Å². The van der Waals surface area contributed by atoms with Gasteiger partial charge in [0.1, 0.15) is 11.6 Å². The van der Waals surface area contributed by atoms with Gasteiger partial charge in [-0.15, -0.1) is 21.5 Å². The number of hydrogen-bond acceptors (Lipinski definition) is 5. The lowest BCUT2D eigenvalue weighted by atomic mass is 9.63. The molecule has 1 spiro atoms. The number of aryl methyl sites for hydroxylation is 1. The van der Waals surface area contributed by atoms with Crippen LogP contribution in [0.3, 0.4) is 0 Å². The first-order chi connectivity index (χ1) is 17.4. The maximum atomic E-state index is 13.8. The summed E-state index contributed by atoms with van der Waals surface area (Å²) in [5.41, 5.74) is 0.353. The number of carbonyl (C=O) groups is 1. The van der Waals surface area contributed by atoms with Crippen LogP contribution in [0.5, 0.6) is 0 Å². The zero-order valence-corrected chi connectivity index (χ0v) is 22.9. The average molecular weight is 516 g/mol. The van der Waals surface area contributed by atoms with Gasteiger partial charge in [-0.05, 0) is 82.4 Å². The van der Waals surface area contributed by atoms with Crippen LogP contribution in [-0.2, 0) is 4.79 Å². The first kappa shape index (κ1) is 25.8. The summed E-state index contributed by atoms with van der Waals surface area (Å²) in [6.07, 6.45) is 12.3. The van der Waals surface area contributed by atoms with Crippen molar-refractivity contribution in [2.75, 3.05) is 6.54 Å². The largest absolute Gasteiger partial charge is 0.348 e. The van der Waals surface area contributed by atoms with Gasteiger partial charge in [-0.2, -0.15) is 4.39 Å². The summed E-state index contributed by atoms with van der Waals surface area (Å²) >= 11 is 1.16. The lowest BCUT2D eigenvalue weighted by Gasteiger charge is -2.48. The minimum atomic E-state index is -0.185. The number of halogens is 1. The van der Waals surface area contributed by atoms with E-state index in [0.717, 1.165) is 66.5 Å². The molecule has 5 rings (SSSR count). The molecule has 0 aliphatic heterocycles. The summed E-state index contributed by atoms with van der Waals surface area (Å²) in [6, 6.07) is 4.23. The van der Waals surface area contributed by atoms with Crippen molar-refractivity contribution >= 4 is 17.2 Å². The zero-order chi connectivity index (χ0) is 25.3. The molecule has 3 unspecified atom stereocenters. The molecule has 2 N–H and O–H groups in total. The third-order valence-corrected chi connectivity index (χ3v) is 10.1. The Labute approximate surface area is 218 Å². The van der Waals surface area contributed by atoms with Crippen LogP contribution >= 0.6 is 11.3 Å². The molecule has 0 radical (unpaired) electrons. The molecule has 3 aliphatic rings. The normalized spacial score (nSPS) is 27.5. The van der Waals surface area contributed by atoms with Gasteiger partial charge in [-0.25, -0.2) is 0 Å². The Balaban J connectivity index is 1.18. The Morgan fingerprint density at radius 1 is 1.17 bits per heavy atom. The first-order valence-corrected chi connectivity index (χ1v) is 14.9. The highest BCUT2D eigenvalue weighted by Crippen LogP contribution is 2.57. The Bertz CT molecular complexity index is 1040. The van der Waals surface area contributed by atoms with Gasteiger partial charge >= 0.3 is 0 Å². The van der Waals surface area contributed by atoms with Crippen molar-refractivity contribution in [2.24, 2.45) is 11.3 Å². The third kappa shape index (κ3) is 5.26. The monoisotopic (exact) mass is 515 g/mol. The Morgan fingerprint density at radius 2 is 1.94 bits per heavy atom. The molecule has 3 fully saturated rings. The van der Waals surface area contributed by atoms with Crippen LogP contribution in [-0.4, -0.2) is 33.3 Å². The molecule has 2 heterocycles. The second-order valence-electron chi connectivity index (χ2n) is 11.8. The van der Waals surface area contributed by atoms with Crippen LogP contribution in [0.1, 0.15) is 119 Å². The average Bonchev–Trinajstić information content (AvgIpc) is 3.59. The van der Waals surface area contributed by atoms with E-state index < -0.39 is 0 Å². The lowest BCUT2D eigenvalue weighted by molar-refractivity contribution is -0.126. The summed E-state index contributed by atoms with van der Waals surface area (Å²) in [4.78, 5) is 13.9. The van der Waals surface area contributed by atoms with Crippen molar-refractivity contribution in [1.82, 2.24) is 25.4 Å². The molecule has 2 aromatic rings. The van der Waals surface area contributed by atoms with Crippen molar-refractivity contribution in [1.29, 1.82) is 0 Å². The molecule has 0 saturated heterocycles. The molecule has 3 aliphatic carbocycles. The van der Waals surface area contributed by atoms with Crippen molar-refractivity contribution in [2.45, 2.75) is 115 Å². The summed E-state index contributed by atoms with van der Waals surface area (Å²) in [5, 5.41) is 15.8. The fourth-order valence-electron chi connectivity index (χ4n) is 6.99. The van der Waals surface area contributed by atoms with Crippen LogP contribution in [0.2, 0.25) is 0 Å². The van der Waals surface area contributed by atoms with Crippen LogP contribution in [0, 0.1) is 23.4 Å². The van der Waals surface area contributed by atoms with E-state index in [4.69, 9.17) is 0 Å². The van der Waals surface area contributed by atoms with E-state index in [1.54, 1.807) is 0 Å². The molecule has 8 heteroatoms. The number of nitrogens with one attached hydrogen (secondary N) is 2. The molecule has 3 saturated carbocycles. The van der Waals surface area contributed by atoms with E-state index >= 15 is 0 Å². The summed E-state index contributed by atoms with van der Waals surface area (Å²) in [7, 11) is 0. The minimum absolute atomic E-state index is 0.112. The second-order valence-corrected chi connectivity index (χ2v) is 12.8. The van der Waals surface area contributed by atoms with Gasteiger partial charge in [0.05, 0.1) is 6.04 Å².